The van der Waals surface area contributed by atoms with Crippen molar-refractivity contribution < 1.29 is 9.59 Å². The third-order valence-corrected chi connectivity index (χ3v) is 3.43. The van der Waals surface area contributed by atoms with Crippen LogP contribution in [0.1, 0.15) is 18.9 Å². The van der Waals surface area contributed by atoms with Gasteiger partial charge in [0.25, 0.3) is 0 Å². The monoisotopic (exact) mass is 260 g/mol. The van der Waals surface area contributed by atoms with Crippen LogP contribution in [0.15, 0.2) is 24.3 Å². The summed E-state index contributed by atoms with van der Waals surface area (Å²) in [5.41, 5.74) is 1.95. The molecule has 1 atom stereocenters. The van der Waals surface area contributed by atoms with Crippen molar-refractivity contribution in [3.05, 3.63) is 29.8 Å². The van der Waals surface area contributed by atoms with Crippen molar-refractivity contribution in [2.24, 2.45) is 5.92 Å². The molecule has 1 aromatic carbocycles. The Bertz CT molecular complexity index is 485. The first-order valence-corrected chi connectivity index (χ1v) is 6.66. The first-order valence-electron chi connectivity index (χ1n) is 6.66. The second-order valence-electron chi connectivity index (χ2n) is 5.27. The molecule has 19 heavy (non-hydrogen) atoms. The number of ketones is 1. The van der Waals surface area contributed by atoms with Gasteiger partial charge in [0.15, 0.2) is 0 Å². The van der Waals surface area contributed by atoms with E-state index in [0.29, 0.717) is 31.8 Å². The summed E-state index contributed by atoms with van der Waals surface area (Å²) in [5.74, 6) is 0.322. The van der Waals surface area contributed by atoms with E-state index in [-0.39, 0.29) is 11.8 Å². The highest BCUT2D eigenvalue weighted by Crippen LogP contribution is 2.13. The summed E-state index contributed by atoms with van der Waals surface area (Å²) < 4.78 is 0. The van der Waals surface area contributed by atoms with Gasteiger partial charge in [-0.3, -0.25) is 14.5 Å². The Balaban J connectivity index is 1.86. The fourth-order valence-corrected chi connectivity index (χ4v) is 2.37. The lowest BCUT2D eigenvalue weighted by Crippen LogP contribution is -2.43. The zero-order valence-electron chi connectivity index (χ0n) is 11.5. The lowest BCUT2D eigenvalue weighted by atomic mass is 9.99. The van der Waals surface area contributed by atoms with Crippen LogP contribution >= 0.6 is 0 Å². The number of amides is 1. The number of hydrogen-bond acceptors (Lipinski definition) is 3. The van der Waals surface area contributed by atoms with E-state index < -0.39 is 0 Å². The average molecular weight is 260 g/mol. The highest BCUT2D eigenvalue weighted by atomic mass is 16.2. The number of rotatable bonds is 3. The number of carbonyl (C=O) groups is 2. The maximum absolute atomic E-state index is 11.9. The number of Topliss-reactive ketones (excluding diaryl/α,β-unsaturated/α-hetero) is 1. The Kier molecular flexibility index (Phi) is 4.32. The van der Waals surface area contributed by atoms with Crippen molar-refractivity contribution in [3.63, 3.8) is 0 Å². The number of likely N-dealkylation sites (tertiary alicyclic amines) is 1. The Morgan fingerprint density at radius 2 is 2.26 bits per heavy atom. The normalized spacial score (nSPS) is 20.3. The first-order chi connectivity index (χ1) is 9.04. The second-order valence-corrected chi connectivity index (χ2v) is 5.27. The molecule has 1 aromatic rings. The molecule has 1 aliphatic heterocycles. The maximum atomic E-state index is 11.9. The molecule has 1 saturated heterocycles. The molecule has 1 heterocycles. The van der Waals surface area contributed by atoms with Gasteiger partial charge in [-0.2, -0.15) is 0 Å². The number of anilines is 1. The van der Waals surface area contributed by atoms with Crippen molar-refractivity contribution in [2.75, 3.05) is 25.0 Å². The van der Waals surface area contributed by atoms with Gasteiger partial charge in [0.1, 0.15) is 5.78 Å². The van der Waals surface area contributed by atoms with E-state index >= 15 is 0 Å². The van der Waals surface area contributed by atoms with E-state index in [1.54, 1.807) is 0 Å². The van der Waals surface area contributed by atoms with E-state index in [9.17, 15) is 9.59 Å². The van der Waals surface area contributed by atoms with Crippen LogP contribution in [0.4, 0.5) is 5.69 Å². The SMILES string of the molecule is Cc1cccc(NC(=O)CN2CCC(=O)C(C)C2)c1. The van der Waals surface area contributed by atoms with Crippen LogP contribution in [0.25, 0.3) is 0 Å². The number of nitrogens with one attached hydrogen (secondary N) is 1. The van der Waals surface area contributed by atoms with Gasteiger partial charge in [-0.05, 0) is 24.6 Å². The fourth-order valence-electron chi connectivity index (χ4n) is 2.37. The Hall–Kier alpha value is -1.68. The molecular formula is C15H20N2O2. The van der Waals surface area contributed by atoms with E-state index in [0.717, 1.165) is 11.3 Å². The molecule has 0 radical (unpaired) electrons. The molecule has 2 rings (SSSR count). The molecule has 4 heteroatoms. The Morgan fingerprint density at radius 1 is 1.47 bits per heavy atom. The van der Waals surface area contributed by atoms with Gasteiger partial charge in [-0.25, -0.2) is 0 Å². The summed E-state index contributed by atoms with van der Waals surface area (Å²) in [5, 5.41) is 2.89. The minimum atomic E-state index is -0.0212. The van der Waals surface area contributed by atoms with E-state index in [2.05, 4.69) is 5.32 Å². The highest BCUT2D eigenvalue weighted by Gasteiger charge is 2.24. The van der Waals surface area contributed by atoms with Gasteiger partial charge in [0, 0.05) is 31.1 Å². The van der Waals surface area contributed by atoms with Gasteiger partial charge < -0.3 is 5.32 Å². The fraction of sp³-hybridized carbons (Fsp3) is 0.467. The topological polar surface area (TPSA) is 49.4 Å². The number of carbonyl (C=O) groups excluding carboxylic acids is 2. The zero-order chi connectivity index (χ0) is 13.8. The van der Waals surface area contributed by atoms with Crippen LogP contribution in [0.5, 0.6) is 0 Å². The maximum Gasteiger partial charge on any atom is 0.238 e. The van der Waals surface area contributed by atoms with Crippen molar-refractivity contribution in [1.82, 2.24) is 4.90 Å². The lowest BCUT2D eigenvalue weighted by Gasteiger charge is -2.29. The molecule has 1 fully saturated rings. The minimum Gasteiger partial charge on any atom is -0.325 e. The second kappa shape index (κ2) is 5.97. The van der Waals surface area contributed by atoms with Gasteiger partial charge in [0.2, 0.25) is 5.91 Å². The number of hydrogen-bond donors (Lipinski definition) is 1. The van der Waals surface area contributed by atoms with Crippen LogP contribution in [-0.2, 0) is 9.59 Å². The predicted octanol–water partition coefficient (Wildman–Crippen LogP) is 1.84. The van der Waals surface area contributed by atoms with Gasteiger partial charge >= 0.3 is 0 Å². The van der Waals surface area contributed by atoms with Gasteiger partial charge in [-0.1, -0.05) is 19.1 Å². The molecule has 1 N–H and O–H groups in total. The largest absolute Gasteiger partial charge is 0.325 e. The highest BCUT2D eigenvalue weighted by molar-refractivity contribution is 5.92. The van der Waals surface area contributed by atoms with Gasteiger partial charge in [0.05, 0.1) is 6.54 Å². The Morgan fingerprint density at radius 3 is 2.95 bits per heavy atom. The molecule has 4 nitrogen and oxygen atoms in total. The number of benzene rings is 1. The van der Waals surface area contributed by atoms with Crippen LogP contribution < -0.4 is 5.32 Å². The molecule has 102 valence electrons. The van der Waals surface area contributed by atoms with Crippen LogP contribution in [0.3, 0.4) is 0 Å². The summed E-state index contributed by atoms with van der Waals surface area (Å²) in [6.45, 7) is 5.64. The smallest absolute Gasteiger partial charge is 0.238 e. The van der Waals surface area contributed by atoms with Crippen molar-refractivity contribution in [3.8, 4) is 0 Å². The summed E-state index contributed by atoms with van der Waals surface area (Å²) in [6.07, 6.45) is 0.554. The van der Waals surface area contributed by atoms with Crippen molar-refractivity contribution >= 4 is 17.4 Å². The molecule has 1 amide bonds. The number of piperidine rings is 1. The van der Waals surface area contributed by atoms with Crippen LogP contribution in [0.2, 0.25) is 0 Å². The summed E-state index contributed by atoms with van der Waals surface area (Å²) >= 11 is 0. The third-order valence-electron chi connectivity index (χ3n) is 3.43. The summed E-state index contributed by atoms with van der Waals surface area (Å²) in [7, 11) is 0. The summed E-state index contributed by atoms with van der Waals surface area (Å²) in [6, 6.07) is 7.74. The standard InChI is InChI=1S/C15H20N2O2/c1-11-4-3-5-13(8-11)16-15(19)10-17-7-6-14(18)12(2)9-17/h3-5,8,12H,6-7,9-10H2,1-2H3,(H,16,19). The van der Waals surface area contributed by atoms with E-state index in [1.165, 1.54) is 0 Å². The Labute approximate surface area is 113 Å². The predicted molar refractivity (Wildman–Crippen MR) is 75.0 cm³/mol. The number of aryl methyl sites for hydroxylation is 1. The molecule has 0 aliphatic carbocycles. The molecule has 0 saturated carbocycles. The minimum absolute atomic E-state index is 0.0212. The molecule has 1 unspecified atom stereocenters. The third kappa shape index (κ3) is 3.89. The van der Waals surface area contributed by atoms with Crippen molar-refractivity contribution in [1.29, 1.82) is 0 Å². The molecule has 0 spiro atoms. The average Bonchev–Trinajstić information content (AvgIpc) is 2.34. The summed E-state index contributed by atoms with van der Waals surface area (Å²) in [4.78, 5) is 25.4. The quantitative estimate of drug-likeness (QED) is 0.902. The molecular weight excluding hydrogens is 240 g/mol. The molecule has 0 aromatic heterocycles. The number of nitrogens with zero attached hydrogens (tertiary/aromatic N) is 1. The molecule has 0 bridgehead atoms. The van der Waals surface area contributed by atoms with Gasteiger partial charge in [-0.15, -0.1) is 0 Å². The van der Waals surface area contributed by atoms with E-state index in [4.69, 9.17) is 0 Å². The zero-order valence-corrected chi connectivity index (χ0v) is 11.5. The first kappa shape index (κ1) is 13.7. The van der Waals surface area contributed by atoms with E-state index in [1.807, 2.05) is 43.0 Å². The molecule has 1 aliphatic rings. The van der Waals surface area contributed by atoms with Crippen molar-refractivity contribution in [2.45, 2.75) is 20.3 Å². The van der Waals surface area contributed by atoms with Crippen LogP contribution in [0, 0.1) is 12.8 Å². The van der Waals surface area contributed by atoms with Crippen LogP contribution in [-0.4, -0.2) is 36.2 Å². The lowest BCUT2D eigenvalue weighted by molar-refractivity contribution is -0.127.